The van der Waals surface area contributed by atoms with Crippen LogP contribution in [0, 0.1) is 10.1 Å². The van der Waals surface area contributed by atoms with Crippen molar-refractivity contribution in [3.05, 3.63) is 61.6 Å². The number of nitro groups is 1. The van der Waals surface area contributed by atoms with Gasteiger partial charge in [0.1, 0.15) is 5.75 Å². The van der Waals surface area contributed by atoms with E-state index in [2.05, 4.69) is 15.9 Å². The molecular formula is C13H9BrClNO4. The first kappa shape index (κ1) is 14.8. The molecule has 0 radical (unpaired) electrons. The number of benzene rings is 2. The molecule has 0 atom stereocenters. The van der Waals surface area contributed by atoms with Crippen LogP contribution < -0.4 is 4.74 Å². The molecule has 5 nitrogen and oxygen atoms in total. The molecule has 7 heteroatoms. The summed E-state index contributed by atoms with van der Waals surface area (Å²) >= 11 is 9.25. The maximum absolute atomic E-state index is 10.7. The number of non-ortho nitro benzene ring substituents is 1. The summed E-state index contributed by atoms with van der Waals surface area (Å²) in [7, 11) is 0. The molecule has 0 aromatic heterocycles. The molecular weight excluding hydrogens is 350 g/mol. The standard InChI is InChI=1S/C13H9BrClNO4/c14-11-6-10(3-1-8(11)7-17)20-13-5-9(16(18)19)2-4-12(13)15/h1-6,17H,7H2. The summed E-state index contributed by atoms with van der Waals surface area (Å²) in [6, 6.07) is 8.96. The fourth-order valence-corrected chi connectivity index (χ4v) is 2.17. The molecule has 0 spiro atoms. The molecule has 0 fully saturated rings. The Labute approximate surface area is 128 Å². The van der Waals surface area contributed by atoms with Crippen molar-refractivity contribution in [1.29, 1.82) is 0 Å². The number of nitro benzene ring substituents is 1. The van der Waals surface area contributed by atoms with Crippen LogP contribution in [0.5, 0.6) is 11.5 Å². The highest BCUT2D eigenvalue weighted by molar-refractivity contribution is 9.10. The van der Waals surface area contributed by atoms with Crippen molar-refractivity contribution in [3.8, 4) is 11.5 Å². The zero-order chi connectivity index (χ0) is 14.7. The van der Waals surface area contributed by atoms with Gasteiger partial charge in [0.05, 0.1) is 22.6 Å². The predicted molar refractivity (Wildman–Crippen MR) is 78.2 cm³/mol. The van der Waals surface area contributed by atoms with Crippen LogP contribution in [0.3, 0.4) is 0 Å². The SMILES string of the molecule is O=[N+]([O-])c1ccc(Cl)c(Oc2ccc(CO)c(Br)c2)c1. The molecule has 2 aromatic rings. The van der Waals surface area contributed by atoms with Gasteiger partial charge >= 0.3 is 0 Å². The number of aliphatic hydroxyl groups excluding tert-OH is 1. The van der Waals surface area contributed by atoms with E-state index < -0.39 is 4.92 Å². The lowest BCUT2D eigenvalue weighted by Crippen LogP contribution is -1.92. The summed E-state index contributed by atoms with van der Waals surface area (Å²) in [4.78, 5) is 10.2. The Hall–Kier alpha value is -1.63. The summed E-state index contributed by atoms with van der Waals surface area (Å²) in [5, 5.41) is 20.1. The van der Waals surface area contributed by atoms with E-state index in [0.717, 1.165) is 0 Å². The maximum atomic E-state index is 10.7. The van der Waals surface area contributed by atoms with E-state index in [0.29, 0.717) is 15.8 Å². The quantitative estimate of drug-likeness (QED) is 0.653. The van der Waals surface area contributed by atoms with Gasteiger partial charge in [-0.1, -0.05) is 33.6 Å². The predicted octanol–water partition coefficient (Wildman–Crippen LogP) is 4.30. The van der Waals surface area contributed by atoms with Gasteiger partial charge in [0, 0.05) is 10.5 Å². The van der Waals surface area contributed by atoms with Crippen molar-refractivity contribution in [2.24, 2.45) is 0 Å². The van der Waals surface area contributed by atoms with Gasteiger partial charge in [0.25, 0.3) is 5.69 Å². The molecule has 0 amide bonds. The van der Waals surface area contributed by atoms with Crippen LogP contribution in [-0.2, 0) is 6.61 Å². The van der Waals surface area contributed by atoms with Gasteiger partial charge in [-0.15, -0.1) is 0 Å². The first-order valence-corrected chi connectivity index (χ1v) is 6.69. The average Bonchev–Trinajstić information content (AvgIpc) is 2.41. The van der Waals surface area contributed by atoms with Gasteiger partial charge in [-0.3, -0.25) is 10.1 Å². The lowest BCUT2D eigenvalue weighted by atomic mass is 10.2. The van der Waals surface area contributed by atoms with Crippen LogP contribution in [0.1, 0.15) is 5.56 Å². The van der Waals surface area contributed by atoms with Gasteiger partial charge in [0.2, 0.25) is 0 Å². The van der Waals surface area contributed by atoms with Gasteiger partial charge in [-0.05, 0) is 23.8 Å². The molecule has 0 aliphatic rings. The first-order valence-electron chi connectivity index (χ1n) is 5.52. The largest absolute Gasteiger partial charge is 0.455 e. The maximum Gasteiger partial charge on any atom is 0.273 e. The molecule has 2 rings (SSSR count). The van der Waals surface area contributed by atoms with E-state index in [1.54, 1.807) is 18.2 Å². The summed E-state index contributed by atoms with van der Waals surface area (Å²) < 4.78 is 6.21. The van der Waals surface area contributed by atoms with Gasteiger partial charge in [-0.2, -0.15) is 0 Å². The van der Waals surface area contributed by atoms with Gasteiger partial charge in [-0.25, -0.2) is 0 Å². The van der Waals surface area contributed by atoms with Crippen LogP contribution in [0.2, 0.25) is 5.02 Å². The van der Waals surface area contributed by atoms with Crippen LogP contribution >= 0.6 is 27.5 Å². The monoisotopic (exact) mass is 357 g/mol. The molecule has 2 aromatic carbocycles. The lowest BCUT2D eigenvalue weighted by Gasteiger charge is -2.09. The number of rotatable bonds is 4. The van der Waals surface area contributed by atoms with Gasteiger partial charge < -0.3 is 9.84 Å². The second-order valence-electron chi connectivity index (χ2n) is 3.89. The number of halogens is 2. The number of hydrogen-bond acceptors (Lipinski definition) is 4. The van der Waals surface area contributed by atoms with Gasteiger partial charge in [0.15, 0.2) is 5.75 Å². The highest BCUT2D eigenvalue weighted by Crippen LogP contribution is 2.34. The Morgan fingerprint density at radius 1 is 1.30 bits per heavy atom. The second kappa shape index (κ2) is 6.21. The third kappa shape index (κ3) is 3.27. The molecule has 20 heavy (non-hydrogen) atoms. The fraction of sp³-hybridized carbons (Fsp3) is 0.0769. The Balaban J connectivity index is 2.32. The highest BCUT2D eigenvalue weighted by Gasteiger charge is 2.12. The van der Waals surface area contributed by atoms with Crippen molar-refractivity contribution in [3.63, 3.8) is 0 Å². The molecule has 0 aliphatic heterocycles. The van der Waals surface area contributed by atoms with Crippen LogP contribution in [0.4, 0.5) is 5.69 Å². The minimum absolute atomic E-state index is 0.0988. The molecule has 1 N–H and O–H groups in total. The van der Waals surface area contributed by atoms with Crippen molar-refractivity contribution >= 4 is 33.2 Å². The molecule has 0 bridgehead atoms. The van der Waals surface area contributed by atoms with E-state index in [1.807, 2.05) is 0 Å². The van der Waals surface area contributed by atoms with Crippen molar-refractivity contribution in [2.75, 3.05) is 0 Å². The van der Waals surface area contributed by atoms with Crippen molar-refractivity contribution in [2.45, 2.75) is 6.61 Å². The lowest BCUT2D eigenvalue weighted by molar-refractivity contribution is -0.384. The molecule has 0 saturated heterocycles. The Kier molecular flexibility index (Phi) is 4.59. The number of nitrogens with zero attached hydrogens (tertiary/aromatic N) is 1. The number of hydrogen-bond donors (Lipinski definition) is 1. The summed E-state index contributed by atoms with van der Waals surface area (Å²) in [6.45, 7) is -0.0988. The third-order valence-electron chi connectivity index (χ3n) is 2.55. The van der Waals surface area contributed by atoms with E-state index >= 15 is 0 Å². The third-order valence-corrected chi connectivity index (χ3v) is 3.60. The molecule has 104 valence electrons. The molecule has 0 saturated carbocycles. The van der Waals surface area contributed by atoms with E-state index in [4.69, 9.17) is 21.4 Å². The average molecular weight is 359 g/mol. The van der Waals surface area contributed by atoms with E-state index in [-0.39, 0.29) is 23.1 Å². The summed E-state index contributed by atoms with van der Waals surface area (Å²) in [6.07, 6.45) is 0. The molecule has 0 unspecified atom stereocenters. The minimum atomic E-state index is -0.520. The second-order valence-corrected chi connectivity index (χ2v) is 5.15. The first-order chi connectivity index (χ1) is 9.51. The van der Waals surface area contributed by atoms with E-state index in [1.165, 1.54) is 18.2 Å². The highest BCUT2D eigenvalue weighted by atomic mass is 79.9. The molecule has 0 aliphatic carbocycles. The summed E-state index contributed by atoms with van der Waals surface area (Å²) in [5.74, 6) is 0.654. The fourth-order valence-electron chi connectivity index (χ4n) is 1.53. The van der Waals surface area contributed by atoms with Crippen LogP contribution in [0.15, 0.2) is 40.9 Å². The Morgan fingerprint density at radius 3 is 2.65 bits per heavy atom. The normalized spacial score (nSPS) is 10.3. The van der Waals surface area contributed by atoms with Crippen LogP contribution in [0.25, 0.3) is 0 Å². The zero-order valence-electron chi connectivity index (χ0n) is 10.0. The zero-order valence-corrected chi connectivity index (χ0v) is 12.4. The summed E-state index contributed by atoms with van der Waals surface area (Å²) in [5.41, 5.74) is 0.609. The number of ether oxygens (including phenoxy) is 1. The van der Waals surface area contributed by atoms with Crippen molar-refractivity contribution < 1.29 is 14.8 Å². The topological polar surface area (TPSA) is 72.6 Å². The Morgan fingerprint density at radius 2 is 2.05 bits per heavy atom. The number of aliphatic hydroxyl groups is 1. The van der Waals surface area contributed by atoms with E-state index in [9.17, 15) is 10.1 Å². The van der Waals surface area contributed by atoms with Crippen LogP contribution in [-0.4, -0.2) is 10.0 Å². The van der Waals surface area contributed by atoms with Crippen molar-refractivity contribution in [1.82, 2.24) is 0 Å². The smallest absolute Gasteiger partial charge is 0.273 e. The minimum Gasteiger partial charge on any atom is -0.455 e. The molecule has 0 heterocycles. The Bertz CT molecular complexity index is 663.